The molecule has 152 valence electrons. The molecule has 0 amide bonds. The zero-order valence-corrected chi connectivity index (χ0v) is 17.6. The molecule has 0 spiro atoms. The largest absolute Gasteiger partial charge is 0.493 e. The Morgan fingerprint density at radius 3 is 2.82 bits per heavy atom. The SMILES string of the molecule is CCCCCOc1ccc(/C=N\n2c(C3CCCCC3)n[nH]c2=S)cc1OC. The normalized spacial score (nSPS) is 15.2. The third-order valence-electron chi connectivity index (χ3n) is 5.16. The maximum Gasteiger partial charge on any atom is 0.216 e. The van der Waals surface area contributed by atoms with E-state index in [-0.39, 0.29) is 0 Å². The Hall–Kier alpha value is -2.15. The van der Waals surface area contributed by atoms with Crippen molar-refractivity contribution in [2.24, 2.45) is 5.10 Å². The van der Waals surface area contributed by atoms with Crippen molar-refractivity contribution >= 4 is 18.4 Å². The van der Waals surface area contributed by atoms with Crippen LogP contribution in [-0.2, 0) is 0 Å². The second-order valence-corrected chi connectivity index (χ2v) is 7.63. The van der Waals surface area contributed by atoms with Gasteiger partial charge in [0, 0.05) is 5.92 Å². The molecule has 7 heteroatoms. The monoisotopic (exact) mass is 402 g/mol. The van der Waals surface area contributed by atoms with E-state index in [1.54, 1.807) is 18.0 Å². The van der Waals surface area contributed by atoms with Crippen molar-refractivity contribution in [2.75, 3.05) is 13.7 Å². The van der Waals surface area contributed by atoms with Crippen LogP contribution in [0.4, 0.5) is 0 Å². The molecule has 0 radical (unpaired) electrons. The molecule has 28 heavy (non-hydrogen) atoms. The van der Waals surface area contributed by atoms with Crippen molar-refractivity contribution in [1.29, 1.82) is 0 Å². The molecule has 1 fully saturated rings. The minimum absolute atomic E-state index is 0.423. The van der Waals surface area contributed by atoms with Crippen LogP contribution < -0.4 is 9.47 Å². The lowest BCUT2D eigenvalue weighted by Gasteiger charge is -2.19. The Labute approximate surface area is 172 Å². The van der Waals surface area contributed by atoms with Gasteiger partial charge in [-0.2, -0.15) is 14.9 Å². The third-order valence-corrected chi connectivity index (χ3v) is 5.43. The summed E-state index contributed by atoms with van der Waals surface area (Å²) in [5, 5.41) is 11.9. The van der Waals surface area contributed by atoms with Gasteiger partial charge in [-0.05, 0) is 55.2 Å². The van der Waals surface area contributed by atoms with E-state index in [2.05, 4.69) is 22.2 Å². The van der Waals surface area contributed by atoms with Crippen molar-refractivity contribution in [3.05, 3.63) is 34.4 Å². The number of methoxy groups -OCH3 is 1. The molecule has 1 saturated carbocycles. The zero-order valence-electron chi connectivity index (χ0n) is 16.8. The molecular formula is C21H30N4O2S. The molecule has 1 aromatic heterocycles. The van der Waals surface area contributed by atoms with Crippen molar-refractivity contribution in [3.8, 4) is 11.5 Å². The number of nitrogens with zero attached hydrogens (tertiary/aromatic N) is 3. The van der Waals surface area contributed by atoms with Crippen LogP contribution in [0.5, 0.6) is 11.5 Å². The van der Waals surface area contributed by atoms with Crippen LogP contribution in [0.3, 0.4) is 0 Å². The summed E-state index contributed by atoms with van der Waals surface area (Å²) in [7, 11) is 1.66. The summed E-state index contributed by atoms with van der Waals surface area (Å²) < 4.78 is 13.6. The maximum absolute atomic E-state index is 5.85. The van der Waals surface area contributed by atoms with Gasteiger partial charge in [-0.15, -0.1) is 0 Å². The standard InChI is InChI=1S/C21H30N4O2S/c1-3-4-8-13-27-18-12-11-16(14-19(18)26-2)15-22-25-20(23-24-21(25)28)17-9-6-5-7-10-17/h11-12,14-15,17H,3-10,13H2,1-2H3,(H,24,28)/b22-15-. The molecule has 1 aliphatic rings. The number of benzene rings is 1. The highest BCUT2D eigenvalue weighted by atomic mass is 32.1. The molecule has 0 unspecified atom stereocenters. The molecule has 2 aromatic rings. The average Bonchev–Trinajstić information content (AvgIpc) is 3.11. The Morgan fingerprint density at radius 1 is 1.25 bits per heavy atom. The summed E-state index contributed by atoms with van der Waals surface area (Å²) in [5.41, 5.74) is 0.926. The van der Waals surface area contributed by atoms with E-state index in [4.69, 9.17) is 21.7 Å². The molecule has 0 aliphatic heterocycles. The summed E-state index contributed by atoms with van der Waals surface area (Å²) in [5.74, 6) is 2.83. The Bertz CT molecular complexity index is 837. The predicted octanol–water partition coefficient (Wildman–Crippen LogP) is 5.45. The number of ether oxygens (including phenoxy) is 2. The molecule has 1 N–H and O–H groups in total. The number of H-pyrrole nitrogens is 1. The van der Waals surface area contributed by atoms with Gasteiger partial charge in [-0.3, -0.25) is 5.10 Å². The fraction of sp³-hybridized carbons (Fsp3) is 0.571. The number of hydrogen-bond acceptors (Lipinski definition) is 5. The van der Waals surface area contributed by atoms with Crippen molar-refractivity contribution in [2.45, 2.75) is 64.2 Å². The van der Waals surface area contributed by atoms with Crippen molar-refractivity contribution < 1.29 is 9.47 Å². The number of aromatic amines is 1. The maximum atomic E-state index is 5.85. The second-order valence-electron chi connectivity index (χ2n) is 7.24. The summed E-state index contributed by atoms with van der Waals surface area (Å²) >= 11 is 5.38. The molecule has 0 bridgehead atoms. The topological polar surface area (TPSA) is 64.4 Å². The zero-order chi connectivity index (χ0) is 19.8. The number of rotatable bonds is 9. The van der Waals surface area contributed by atoms with Gasteiger partial charge < -0.3 is 9.47 Å². The van der Waals surface area contributed by atoms with Gasteiger partial charge >= 0.3 is 0 Å². The molecule has 1 aliphatic carbocycles. The van der Waals surface area contributed by atoms with Crippen molar-refractivity contribution in [3.63, 3.8) is 0 Å². The fourth-order valence-electron chi connectivity index (χ4n) is 3.58. The van der Waals surface area contributed by atoms with Gasteiger partial charge in [0.1, 0.15) is 0 Å². The molecule has 0 atom stereocenters. The van der Waals surface area contributed by atoms with Crippen LogP contribution in [0, 0.1) is 4.77 Å². The number of unbranched alkanes of at least 4 members (excludes halogenated alkanes) is 2. The minimum Gasteiger partial charge on any atom is -0.493 e. The lowest BCUT2D eigenvalue weighted by atomic mass is 9.89. The third kappa shape index (κ3) is 5.22. The van der Waals surface area contributed by atoms with Gasteiger partial charge in [-0.1, -0.05) is 39.0 Å². The Balaban J connectivity index is 1.74. The second kappa shape index (κ2) is 10.4. The summed E-state index contributed by atoms with van der Waals surface area (Å²) in [6.45, 7) is 2.88. The fourth-order valence-corrected chi connectivity index (χ4v) is 3.77. The van der Waals surface area contributed by atoms with Gasteiger partial charge in [0.25, 0.3) is 0 Å². The van der Waals surface area contributed by atoms with Gasteiger partial charge in [0.15, 0.2) is 17.3 Å². The van der Waals surface area contributed by atoms with E-state index in [1.165, 1.54) is 32.1 Å². The quantitative estimate of drug-likeness (QED) is 0.344. The molecule has 6 nitrogen and oxygen atoms in total. The van der Waals surface area contributed by atoms with E-state index in [9.17, 15) is 0 Å². The van der Waals surface area contributed by atoms with E-state index < -0.39 is 0 Å². The van der Waals surface area contributed by atoms with Crippen LogP contribution >= 0.6 is 12.2 Å². The Morgan fingerprint density at radius 2 is 2.07 bits per heavy atom. The summed E-state index contributed by atoms with van der Waals surface area (Å²) in [6.07, 6.45) is 11.3. The van der Waals surface area contributed by atoms with Gasteiger partial charge in [0.05, 0.1) is 19.9 Å². The van der Waals surface area contributed by atoms with Crippen LogP contribution in [0.1, 0.15) is 75.6 Å². The average molecular weight is 403 g/mol. The summed E-state index contributed by atoms with van der Waals surface area (Å²) in [6, 6.07) is 5.84. The first-order valence-corrected chi connectivity index (χ1v) is 10.7. The smallest absolute Gasteiger partial charge is 0.216 e. The first-order valence-electron chi connectivity index (χ1n) is 10.3. The van der Waals surface area contributed by atoms with Gasteiger partial charge in [0.2, 0.25) is 4.77 Å². The molecule has 3 rings (SSSR count). The number of nitrogens with one attached hydrogen (secondary N) is 1. The minimum atomic E-state index is 0.423. The summed E-state index contributed by atoms with van der Waals surface area (Å²) in [4.78, 5) is 0. The number of aromatic nitrogens is 3. The van der Waals surface area contributed by atoms with Crippen LogP contribution in [-0.4, -0.2) is 34.8 Å². The first kappa shape index (κ1) is 20.6. The molecule has 1 aromatic carbocycles. The van der Waals surface area contributed by atoms with Crippen LogP contribution in [0.15, 0.2) is 23.3 Å². The molecule has 1 heterocycles. The van der Waals surface area contributed by atoms with E-state index >= 15 is 0 Å². The van der Waals surface area contributed by atoms with E-state index in [0.717, 1.165) is 36.4 Å². The van der Waals surface area contributed by atoms with E-state index in [0.29, 0.717) is 23.0 Å². The number of hydrogen-bond donors (Lipinski definition) is 1. The van der Waals surface area contributed by atoms with Crippen LogP contribution in [0.2, 0.25) is 0 Å². The highest BCUT2D eigenvalue weighted by molar-refractivity contribution is 7.71. The molecular weight excluding hydrogens is 372 g/mol. The molecule has 0 saturated heterocycles. The highest BCUT2D eigenvalue weighted by Crippen LogP contribution is 2.31. The van der Waals surface area contributed by atoms with Gasteiger partial charge in [-0.25, -0.2) is 0 Å². The predicted molar refractivity (Wildman–Crippen MR) is 114 cm³/mol. The van der Waals surface area contributed by atoms with Crippen LogP contribution in [0.25, 0.3) is 0 Å². The van der Waals surface area contributed by atoms with E-state index in [1.807, 2.05) is 18.2 Å². The van der Waals surface area contributed by atoms with Crippen molar-refractivity contribution in [1.82, 2.24) is 14.9 Å². The Kier molecular flexibility index (Phi) is 7.65. The first-order chi connectivity index (χ1) is 13.7. The lowest BCUT2D eigenvalue weighted by molar-refractivity contribution is 0.286. The lowest BCUT2D eigenvalue weighted by Crippen LogP contribution is -2.10. The highest BCUT2D eigenvalue weighted by Gasteiger charge is 2.21.